The highest BCUT2D eigenvalue weighted by Crippen LogP contribution is 2.23. The zero-order valence-corrected chi connectivity index (χ0v) is 13.7. The molecule has 6 nitrogen and oxygen atoms in total. The zero-order chi connectivity index (χ0) is 14.7. The maximum atomic E-state index is 12.0. The van der Waals surface area contributed by atoms with Gasteiger partial charge in [-0.15, -0.1) is 0 Å². The van der Waals surface area contributed by atoms with E-state index in [0.717, 1.165) is 29.0 Å². The first-order chi connectivity index (χ1) is 9.54. The normalized spacial score (nSPS) is 20.1. The van der Waals surface area contributed by atoms with Crippen LogP contribution in [-0.2, 0) is 23.1 Å². The lowest BCUT2D eigenvalue weighted by Crippen LogP contribution is -2.55. The topological polar surface area (TPSA) is 59.4 Å². The maximum Gasteiger partial charge on any atom is 0.324 e. The summed E-state index contributed by atoms with van der Waals surface area (Å²) in [6, 6.07) is -0.231. The molecule has 0 aromatic carbocycles. The fourth-order valence-corrected chi connectivity index (χ4v) is 2.91. The number of carbonyl (C=O) groups is 1. The lowest BCUT2D eigenvalue weighted by atomic mass is 10.2. The molecule has 1 aromatic heterocycles. The Hall–Kier alpha value is -0.920. The van der Waals surface area contributed by atoms with Crippen LogP contribution in [0, 0.1) is 6.92 Å². The van der Waals surface area contributed by atoms with Crippen LogP contribution in [0.5, 0.6) is 0 Å². The van der Waals surface area contributed by atoms with Gasteiger partial charge in [0.05, 0.1) is 22.5 Å². The molecule has 1 unspecified atom stereocenters. The van der Waals surface area contributed by atoms with Gasteiger partial charge in [-0.1, -0.05) is 0 Å². The molecule has 2 heterocycles. The Morgan fingerprint density at radius 3 is 2.95 bits per heavy atom. The number of rotatable bonds is 4. The quantitative estimate of drug-likeness (QED) is 0.819. The fraction of sp³-hybridized carbons (Fsp3) is 0.692. The maximum absolute atomic E-state index is 12.0. The molecule has 1 aliphatic heterocycles. The van der Waals surface area contributed by atoms with E-state index in [4.69, 9.17) is 4.74 Å². The van der Waals surface area contributed by atoms with E-state index in [0.29, 0.717) is 19.7 Å². The first kappa shape index (κ1) is 15.5. The van der Waals surface area contributed by atoms with Crippen molar-refractivity contribution >= 4 is 21.9 Å². The third-order valence-corrected chi connectivity index (χ3v) is 4.56. The van der Waals surface area contributed by atoms with Crippen molar-refractivity contribution in [2.75, 3.05) is 26.2 Å². The van der Waals surface area contributed by atoms with Crippen LogP contribution in [0.25, 0.3) is 0 Å². The van der Waals surface area contributed by atoms with Crippen molar-refractivity contribution in [3.05, 3.63) is 15.9 Å². The van der Waals surface area contributed by atoms with Crippen molar-refractivity contribution in [1.82, 2.24) is 20.0 Å². The molecule has 0 amide bonds. The Morgan fingerprint density at radius 1 is 1.60 bits per heavy atom. The number of ether oxygens (including phenoxy) is 1. The highest BCUT2D eigenvalue weighted by molar-refractivity contribution is 9.10. The lowest BCUT2D eigenvalue weighted by Gasteiger charge is -2.34. The summed E-state index contributed by atoms with van der Waals surface area (Å²) >= 11 is 3.57. The van der Waals surface area contributed by atoms with Gasteiger partial charge in [0.1, 0.15) is 6.04 Å². The summed E-state index contributed by atoms with van der Waals surface area (Å²) in [6.07, 6.45) is 0. The van der Waals surface area contributed by atoms with Gasteiger partial charge >= 0.3 is 5.97 Å². The van der Waals surface area contributed by atoms with Crippen LogP contribution >= 0.6 is 15.9 Å². The molecule has 0 aliphatic carbocycles. The number of esters is 1. The first-order valence-corrected chi connectivity index (χ1v) is 7.63. The van der Waals surface area contributed by atoms with Crippen molar-refractivity contribution in [3.63, 3.8) is 0 Å². The van der Waals surface area contributed by atoms with Gasteiger partial charge in [0, 0.05) is 33.2 Å². The van der Waals surface area contributed by atoms with E-state index in [-0.39, 0.29) is 12.0 Å². The summed E-state index contributed by atoms with van der Waals surface area (Å²) in [7, 11) is 1.93. The molecule has 7 heteroatoms. The van der Waals surface area contributed by atoms with Gasteiger partial charge in [0.2, 0.25) is 0 Å². The van der Waals surface area contributed by atoms with Gasteiger partial charge in [-0.05, 0) is 29.8 Å². The first-order valence-electron chi connectivity index (χ1n) is 6.84. The summed E-state index contributed by atoms with van der Waals surface area (Å²) in [6.45, 7) is 7.23. The van der Waals surface area contributed by atoms with Crippen molar-refractivity contribution in [2.45, 2.75) is 26.4 Å². The summed E-state index contributed by atoms with van der Waals surface area (Å²) in [5.74, 6) is -0.158. The minimum Gasteiger partial charge on any atom is -0.465 e. The Balaban J connectivity index is 2.14. The van der Waals surface area contributed by atoms with E-state index in [1.165, 1.54) is 0 Å². The molecule has 1 aliphatic rings. The van der Waals surface area contributed by atoms with Crippen LogP contribution in [0.4, 0.5) is 0 Å². The second kappa shape index (κ2) is 6.69. The largest absolute Gasteiger partial charge is 0.465 e. The summed E-state index contributed by atoms with van der Waals surface area (Å²) in [4.78, 5) is 14.2. The second-order valence-corrected chi connectivity index (χ2v) is 5.71. The Labute approximate surface area is 127 Å². The highest BCUT2D eigenvalue weighted by atomic mass is 79.9. The molecule has 0 radical (unpaired) electrons. The summed E-state index contributed by atoms with van der Waals surface area (Å²) in [5.41, 5.74) is 2.05. The molecular weight excluding hydrogens is 324 g/mol. The van der Waals surface area contributed by atoms with Gasteiger partial charge in [-0.3, -0.25) is 14.4 Å². The summed E-state index contributed by atoms with van der Waals surface area (Å²) in [5, 5.41) is 7.64. The molecule has 0 spiro atoms. The number of hydrogen-bond donors (Lipinski definition) is 1. The monoisotopic (exact) mass is 344 g/mol. The average Bonchev–Trinajstić information content (AvgIpc) is 2.66. The minimum atomic E-state index is -0.231. The highest BCUT2D eigenvalue weighted by Gasteiger charge is 2.31. The number of nitrogens with zero attached hydrogens (tertiary/aromatic N) is 3. The summed E-state index contributed by atoms with van der Waals surface area (Å²) < 4.78 is 8.04. The number of aromatic nitrogens is 2. The molecule has 0 bridgehead atoms. The molecule has 2 rings (SSSR count). The number of aryl methyl sites for hydroxylation is 2. The Morgan fingerprint density at radius 2 is 2.35 bits per heavy atom. The van der Waals surface area contributed by atoms with Gasteiger partial charge in [-0.2, -0.15) is 5.10 Å². The number of nitrogens with one attached hydrogen (secondary N) is 1. The lowest BCUT2D eigenvalue weighted by molar-refractivity contribution is -0.150. The van der Waals surface area contributed by atoms with Crippen LogP contribution in [0.3, 0.4) is 0 Å². The van der Waals surface area contributed by atoms with Crippen molar-refractivity contribution in [2.24, 2.45) is 7.05 Å². The van der Waals surface area contributed by atoms with Crippen LogP contribution in [-0.4, -0.2) is 52.9 Å². The van der Waals surface area contributed by atoms with Crippen molar-refractivity contribution < 1.29 is 9.53 Å². The SMILES string of the molecule is CCOC(=O)C1CNCCN1Cc1c(Br)c(C)nn1C. The van der Waals surface area contributed by atoms with Crippen LogP contribution in [0.2, 0.25) is 0 Å². The molecule has 1 N–H and O–H groups in total. The number of carbonyl (C=O) groups excluding carboxylic acids is 1. The van der Waals surface area contributed by atoms with Crippen molar-refractivity contribution in [3.8, 4) is 0 Å². The number of hydrogen-bond acceptors (Lipinski definition) is 5. The van der Waals surface area contributed by atoms with E-state index >= 15 is 0 Å². The molecule has 0 saturated carbocycles. The number of halogens is 1. The van der Waals surface area contributed by atoms with Crippen LogP contribution < -0.4 is 5.32 Å². The standard InChI is InChI=1S/C13H21BrN4O2/c1-4-20-13(19)10-7-15-5-6-18(10)8-11-12(14)9(2)16-17(11)3/h10,15H,4-8H2,1-3H3. The van der Waals surface area contributed by atoms with Gasteiger partial charge in [-0.25, -0.2) is 0 Å². The Bertz CT molecular complexity index is 489. The van der Waals surface area contributed by atoms with Gasteiger partial charge in [0.15, 0.2) is 0 Å². The smallest absolute Gasteiger partial charge is 0.324 e. The molecular formula is C13H21BrN4O2. The third kappa shape index (κ3) is 3.21. The molecule has 112 valence electrons. The molecule has 1 fully saturated rings. The zero-order valence-electron chi connectivity index (χ0n) is 12.1. The van der Waals surface area contributed by atoms with E-state index < -0.39 is 0 Å². The Kier molecular flexibility index (Phi) is 5.17. The third-order valence-electron chi connectivity index (χ3n) is 3.53. The molecule has 20 heavy (non-hydrogen) atoms. The average molecular weight is 345 g/mol. The number of piperazine rings is 1. The van der Waals surface area contributed by atoms with E-state index in [1.807, 2.05) is 25.6 Å². The second-order valence-electron chi connectivity index (χ2n) is 4.91. The minimum absolute atomic E-state index is 0.158. The molecule has 1 atom stereocenters. The van der Waals surface area contributed by atoms with Crippen LogP contribution in [0.15, 0.2) is 4.47 Å². The predicted molar refractivity (Wildman–Crippen MR) is 79.3 cm³/mol. The molecule has 1 saturated heterocycles. The van der Waals surface area contributed by atoms with Gasteiger partial charge in [0.25, 0.3) is 0 Å². The van der Waals surface area contributed by atoms with Gasteiger partial charge < -0.3 is 10.1 Å². The van der Waals surface area contributed by atoms with Crippen LogP contribution in [0.1, 0.15) is 18.3 Å². The van der Waals surface area contributed by atoms with Crippen molar-refractivity contribution in [1.29, 1.82) is 0 Å². The van der Waals surface area contributed by atoms with E-state index in [2.05, 4.69) is 31.2 Å². The van der Waals surface area contributed by atoms with E-state index in [1.54, 1.807) is 0 Å². The van der Waals surface area contributed by atoms with E-state index in [9.17, 15) is 4.79 Å². The molecule has 1 aromatic rings. The predicted octanol–water partition coefficient (Wildman–Crippen LogP) is 0.828. The fourth-order valence-electron chi connectivity index (χ4n) is 2.45.